The minimum atomic E-state index is -4.86. The number of benzene rings is 2. The number of sulfonamides is 1. The number of carbonyl (C=O) groups excluding carboxylic acids is 1. The van der Waals surface area contributed by atoms with Gasteiger partial charge in [-0.3, -0.25) is 19.9 Å². The van der Waals surface area contributed by atoms with Crippen molar-refractivity contribution in [2.75, 3.05) is 29.8 Å². The molecule has 2 heterocycles. The molecule has 1 fully saturated rings. The number of nitrogens with one attached hydrogen (secondary N) is 2. The van der Waals surface area contributed by atoms with E-state index in [0.717, 1.165) is 10.4 Å². The van der Waals surface area contributed by atoms with Crippen molar-refractivity contribution in [2.24, 2.45) is 5.73 Å². The molecule has 2 aromatic rings. The van der Waals surface area contributed by atoms with Crippen molar-refractivity contribution in [3.05, 3.63) is 64.7 Å². The number of rotatable bonds is 9. The van der Waals surface area contributed by atoms with E-state index in [1.165, 1.54) is 19.1 Å². The van der Waals surface area contributed by atoms with Crippen LogP contribution < -0.4 is 14.8 Å². The first kappa shape index (κ1) is 37.7. The third-order valence-electron chi connectivity index (χ3n) is 7.31. The van der Waals surface area contributed by atoms with Crippen molar-refractivity contribution in [3.63, 3.8) is 0 Å². The van der Waals surface area contributed by atoms with Crippen LogP contribution in [0.4, 0.5) is 18.9 Å². The van der Waals surface area contributed by atoms with Gasteiger partial charge in [-0.2, -0.15) is 13.2 Å². The number of ether oxygens (including phenoxy) is 2. The Hall–Kier alpha value is -3.49. The largest absolute Gasteiger partial charge is 0.490 e. The highest BCUT2D eigenvalue weighted by Crippen LogP contribution is 2.48. The van der Waals surface area contributed by atoms with Gasteiger partial charge in [0.2, 0.25) is 10.0 Å². The number of nitrogen functional groups attached to an aromatic ring is 1. The smallest absolute Gasteiger partial charge is 0.420 e. The first-order chi connectivity index (χ1) is 20.2. The van der Waals surface area contributed by atoms with E-state index >= 15 is 0 Å². The highest BCUT2D eigenvalue weighted by molar-refractivity contribution is 7.93. The third-order valence-corrected chi connectivity index (χ3v) is 8.98. The molecule has 248 valence electrons. The van der Waals surface area contributed by atoms with Gasteiger partial charge >= 0.3 is 12.1 Å². The average Bonchev–Trinajstić information content (AvgIpc) is 3.30. The van der Waals surface area contributed by atoms with E-state index in [1.54, 1.807) is 37.3 Å². The topological polar surface area (TPSA) is 150 Å². The second-order valence-corrected chi connectivity index (χ2v) is 12.2. The van der Waals surface area contributed by atoms with Gasteiger partial charge in [-0.15, -0.1) is 24.8 Å². The summed E-state index contributed by atoms with van der Waals surface area (Å²) in [6.07, 6.45) is -1.85. The molecule has 0 bridgehead atoms. The highest BCUT2D eigenvalue weighted by Gasteiger charge is 2.46. The molecule has 0 aromatic heterocycles. The molecule has 0 aliphatic carbocycles. The van der Waals surface area contributed by atoms with Gasteiger partial charge in [0.15, 0.2) is 5.75 Å². The zero-order valence-corrected chi connectivity index (χ0v) is 27.0. The Balaban J connectivity index is 0.00000353. The second-order valence-electron chi connectivity index (χ2n) is 10.4. The summed E-state index contributed by atoms with van der Waals surface area (Å²) >= 11 is 0. The summed E-state index contributed by atoms with van der Waals surface area (Å²) in [6.45, 7) is 4.06. The van der Waals surface area contributed by atoms with Crippen molar-refractivity contribution < 1.29 is 35.9 Å². The van der Waals surface area contributed by atoms with Crippen LogP contribution in [0.5, 0.6) is 5.75 Å². The number of fused-ring (bicyclic) bond motifs is 1. The molecule has 16 heteroatoms. The molecular weight excluding hydrogens is 658 g/mol. The summed E-state index contributed by atoms with van der Waals surface area (Å²) in [7, 11) is -4.47. The summed E-state index contributed by atoms with van der Waals surface area (Å²) in [5, 5.41) is 15.4. The fourth-order valence-corrected chi connectivity index (χ4v) is 6.90. The molecule has 2 aromatic carbocycles. The minimum Gasteiger partial charge on any atom is -0.490 e. The number of likely N-dealkylation sites (tertiary alicyclic amines) is 1. The maximum atomic E-state index is 14.6. The number of nitrogens with two attached hydrogens (primary N) is 1. The van der Waals surface area contributed by atoms with Gasteiger partial charge in [-0.1, -0.05) is 30.4 Å². The molecule has 45 heavy (non-hydrogen) atoms. The number of halogens is 5. The van der Waals surface area contributed by atoms with Crippen molar-refractivity contribution in [3.8, 4) is 5.75 Å². The lowest BCUT2D eigenvalue weighted by Gasteiger charge is -2.33. The van der Waals surface area contributed by atoms with Crippen LogP contribution in [-0.4, -0.2) is 68.6 Å². The fourth-order valence-electron chi connectivity index (χ4n) is 5.35. The number of alkyl halides is 3. The molecule has 2 aliphatic rings. The molecule has 0 saturated carbocycles. The van der Waals surface area contributed by atoms with E-state index in [2.05, 4.69) is 0 Å². The van der Waals surface area contributed by atoms with Crippen LogP contribution in [0.25, 0.3) is 6.08 Å². The number of piperidine rings is 1. The van der Waals surface area contributed by atoms with Gasteiger partial charge in [0, 0.05) is 37.9 Å². The molecular formula is C29H36Cl2F3N5O5S. The van der Waals surface area contributed by atoms with Crippen molar-refractivity contribution in [2.45, 2.75) is 51.4 Å². The van der Waals surface area contributed by atoms with Gasteiger partial charge in [0.05, 0.1) is 24.2 Å². The van der Waals surface area contributed by atoms with Gasteiger partial charge in [0.1, 0.15) is 23.3 Å². The molecule has 1 saturated heterocycles. The Labute approximate surface area is 272 Å². The van der Waals surface area contributed by atoms with E-state index in [9.17, 15) is 26.4 Å². The van der Waals surface area contributed by atoms with Crippen LogP contribution in [-0.2, 0) is 32.2 Å². The lowest BCUT2D eigenvalue weighted by molar-refractivity contribution is -0.140. The quantitative estimate of drug-likeness (QED) is 0.190. The summed E-state index contributed by atoms with van der Waals surface area (Å²) in [5.74, 6) is -2.26. The number of carbonyl (C=O) groups is 1. The lowest BCUT2D eigenvalue weighted by Crippen LogP contribution is -2.40. The standard InChI is InChI=1S/C29H34F3N5O5S.2ClH/c1-3-41-26(38)17-43(39,40)37-21(8-7-19-5-4-6-20(15-19)28(34)35)16-23-24(37)9-10-25(27(23)29(30,31)32)42-22-11-13-36(14-12-22)18(2)33;;/h4-10,15,21-22,33H,3,11-14,16-17H2,1-2H3,(H3,34,35);2*1H/b8-7+,33-18?;;. The second kappa shape index (κ2) is 15.2. The van der Waals surface area contributed by atoms with E-state index in [-0.39, 0.29) is 54.9 Å². The zero-order chi connectivity index (χ0) is 31.5. The number of esters is 1. The van der Waals surface area contributed by atoms with Gasteiger partial charge < -0.3 is 20.1 Å². The number of anilines is 1. The van der Waals surface area contributed by atoms with Crippen molar-refractivity contribution in [1.82, 2.24) is 4.90 Å². The maximum absolute atomic E-state index is 14.6. The zero-order valence-electron chi connectivity index (χ0n) is 24.6. The van der Waals surface area contributed by atoms with Crippen LogP contribution in [0.3, 0.4) is 0 Å². The average molecular weight is 695 g/mol. The Morgan fingerprint density at radius 1 is 1.13 bits per heavy atom. The Morgan fingerprint density at radius 3 is 2.38 bits per heavy atom. The van der Waals surface area contributed by atoms with Crippen LogP contribution in [0.15, 0.2) is 42.5 Å². The van der Waals surface area contributed by atoms with E-state index in [1.807, 2.05) is 4.90 Å². The summed E-state index contributed by atoms with van der Waals surface area (Å²) in [6, 6.07) is 7.86. The summed E-state index contributed by atoms with van der Waals surface area (Å²) in [4.78, 5) is 14.0. The minimum absolute atomic E-state index is 0. The maximum Gasteiger partial charge on any atom is 0.420 e. The van der Waals surface area contributed by atoms with Crippen LogP contribution in [0.2, 0.25) is 0 Å². The predicted octanol–water partition coefficient (Wildman–Crippen LogP) is 5.01. The molecule has 0 radical (unpaired) electrons. The molecule has 1 unspecified atom stereocenters. The predicted molar refractivity (Wildman–Crippen MR) is 171 cm³/mol. The lowest BCUT2D eigenvalue weighted by atomic mass is 10.00. The molecule has 4 N–H and O–H groups in total. The molecule has 1 atom stereocenters. The van der Waals surface area contributed by atoms with Gasteiger partial charge in [0.25, 0.3) is 0 Å². The number of nitrogens with zero attached hydrogens (tertiary/aromatic N) is 2. The van der Waals surface area contributed by atoms with Gasteiger partial charge in [-0.05, 0) is 43.2 Å². The van der Waals surface area contributed by atoms with E-state index in [4.69, 9.17) is 26.0 Å². The molecule has 0 amide bonds. The highest BCUT2D eigenvalue weighted by atomic mass is 35.5. The van der Waals surface area contributed by atoms with Crippen LogP contribution >= 0.6 is 24.8 Å². The Kier molecular flexibility index (Phi) is 12.7. The molecule has 4 rings (SSSR count). The SMILES string of the molecule is CCOC(=O)CS(=O)(=O)N1c2ccc(OC3CCN(C(C)=N)CC3)c(C(F)(F)F)c2CC1/C=C/c1cccc(C(=N)N)c1.Cl.Cl. The molecule has 2 aliphatic heterocycles. The van der Waals surface area contributed by atoms with E-state index in [0.29, 0.717) is 42.9 Å². The molecule has 10 nitrogen and oxygen atoms in total. The third kappa shape index (κ3) is 8.82. The van der Waals surface area contributed by atoms with Crippen molar-refractivity contribution >= 4 is 64.2 Å². The van der Waals surface area contributed by atoms with Crippen LogP contribution in [0, 0.1) is 10.8 Å². The number of hydrogen-bond acceptors (Lipinski definition) is 7. The number of amidine groups is 2. The first-order valence-corrected chi connectivity index (χ1v) is 15.3. The molecule has 0 spiro atoms. The normalized spacial score (nSPS) is 16.9. The van der Waals surface area contributed by atoms with E-state index < -0.39 is 51.4 Å². The van der Waals surface area contributed by atoms with Crippen molar-refractivity contribution in [1.29, 1.82) is 10.8 Å². The van der Waals surface area contributed by atoms with Gasteiger partial charge in [-0.25, -0.2) is 8.42 Å². The summed E-state index contributed by atoms with van der Waals surface area (Å²) in [5.41, 5.74) is 5.04. The first-order valence-electron chi connectivity index (χ1n) is 13.7. The fraction of sp³-hybridized carbons (Fsp3) is 0.414. The number of hydrogen-bond donors (Lipinski definition) is 3. The Bertz CT molecular complexity index is 1550. The Morgan fingerprint density at radius 2 is 1.80 bits per heavy atom. The van der Waals surface area contributed by atoms with Crippen LogP contribution in [0.1, 0.15) is 48.9 Å². The monoisotopic (exact) mass is 693 g/mol. The summed E-state index contributed by atoms with van der Waals surface area (Å²) < 4.78 is 82.5.